The van der Waals surface area contributed by atoms with Crippen LogP contribution in [0.3, 0.4) is 0 Å². The molecule has 0 aromatic heterocycles. The average molecular weight is 188 g/mol. The van der Waals surface area contributed by atoms with Gasteiger partial charge in [-0.25, -0.2) is 0 Å². The predicted octanol–water partition coefficient (Wildman–Crippen LogP) is -1.73. The van der Waals surface area contributed by atoms with E-state index in [1.807, 2.05) is 0 Å². The fourth-order valence-corrected chi connectivity index (χ4v) is 0.632. The largest absolute Gasteiger partial charge is 0.433 e. The summed E-state index contributed by atoms with van der Waals surface area (Å²) >= 11 is 0. The van der Waals surface area contributed by atoms with Gasteiger partial charge in [0, 0.05) is 6.92 Å². The standard InChI is InChI=1S/C8H12O5/c1-2-3-13-7(5-10)8(12)6(11)4-9/h5-9,11-12H,4H2,1H3/t6-,7+,8-/m1/s1. The molecule has 5 heteroatoms. The van der Waals surface area contributed by atoms with Crippen LogP contribution >= 0.6 is 0 Å². The van der Waals surface area contributed by atoms with Crippen molar-refractivity contribution in [2.75, 3.05) is 6.61 Å². The molecule has 0 fully saturated rings. The normalized spacial score (nSPS) is 16.3. The van der Waals surface area contributed by atoms with Gasteiger partial charge < -0.3 is 20.1 Å². The van der Waals surface area contributed by atoms with Crippen LogP contribution in [0.25, 0.3) is 0 Å². The summed E-state index contributed by atoms with van der Waals surface area (Å²) in [5, 5.41) is 26.6. The van der Waals surface area contributed by atoms with Crippen molar-refractivity contribution in [3.63, 3.8) is 0 Å². The molecule has 0 aliphatic carbocycles. The average Bonchev–Trinajstić information content (AvgIpc) is 2.17. The van der Waals surface area contributed by atoms with Crippen LogP contribution < -0.4 is 0 Å². The Morgan fingerprint density at radius 3 is 2.54 bits per heavy atom. The van der Waals surface area contributed by atoms with E-state index in [9.17, 15) is 9.90 Å². The maximum atomic E-state index is 10.3. The molecule has 13 heavy (non-hydrogen) atoms. The Hall–Kier alpha value is -1.09. The molecule has 0 heterocycles. The highest BCUT2D eigenvalue weighted by Gasteiger charge is 2.26. The summed E-state index contributed by atoms with van der Waals surface area (Å²) < 4.78 is 4.57. The van der Waals surface area contributed by atoms with E-state index in [2.05, 4.69) is 16.8 Å². The number of rotatable bonds is 5. The molecular weight excluding hydrogens is 176 g/mol. The molecule has 0 spiro atoms. The van der Waals surface area contributed by atoms with Gasteiger partial charge in [-0.3, -0.25) is 4.79 Å². The minimum atomic E-state index is -1.47. The Labute approximate surface area is 76.0 Å². The minimum absolute atomic E-state index is 0.313. The number of hydrogen-bond donors (Lipinski definition) is 3. The molecule has 0 radical (unpaired) electrons. The lowest BCUT2D eigenvalue weighted by Gasteiger charge is -2.19. The second-order valence-electron chi connectivity index (χ2n) is 2.31. The van der Waals surface area contributed by atoms with E-state index in [4.69, 9.17) is 10.2 Å². The lowest BCUT2D eigenvalue weighted by atomic mass is 10.1. The number of ether oxygens (including phenoxy) is 1. The van der Waals surface area contributed by atoms with Crippen molar-refractivity contribution in [2.24, 2.45) is 0 Å². The van der Waals surface area contributed by atoms with Crippen molar-refractivity contribution in [1.82, 2.24) is 0 Å². The van der Waals surface area contributed by atoms with Crippen LogP contribution in [0.15, 0.2) is 0 Å². The molecule has 0 aromatic carbocycles. The third kappa shape index (κ3) is 3.90. The van der Waals surface area contributed by atoms with E-state index in [-0.39, 0.29) is 0 Å². The first-order valence-electron chi connectivity index (χ1n) is 3.67. The van der Waals surface area contributed by atoms with Crippen LogP contribution in [-0.2, 0) is 9.53 Å². The van der Waals surface area contributed by atoms with Crippen LogP contribution in [0.4, 0.5) is 0 Å². The van der Waals surface area contributed by atoms with Gasteiger partial charge in [-0.05, 0) is 0 Å². The molecule has 74 valence electrons. The number of aliphatic hydroxyl groups excluding tert-OH is 3. The van der Waals surface area contributed by atoms with Crippen LogP contribution in [0.2, 0.25) is 0 Å². The van der Waals surface area contributed by atoms with Crippen LogP contribution in [0.1, 0.15) is 6.92 Å². The van der Waals surface area contributed by atoms with E-state index < -0.39 is 24.9 Å². The van der Waals surface area contributed by atoms with Crippen molar-refractivity contribution in [3.8, 4) is 12.0 Å². The molecule has 0 bridgehead atoms. The predicted molar refractivity (Wildman–Crippen MR) is 43.5 cm³/mol. The Balaban J connectivity index is 4.18. The SMILES string of the molecule is CC#CO[C@@H](C=O)[C@H](O)[C@H](O)CO. The van der Waals surface area contributed by atoms with E-state index in [0.717, 1.165) is 0 Å². The number of hydrogen-bond acceptors (Lipinski definition) is 5. The van der Waals surface area contributed by atoms with Gasteiger partial charge in [0.2, 0.25) is 0 Å². The monoisotopic (exact) mass is 188 g/mol. The first kappa shape index (κ1) is 11.9. The maximum absolute atomic E-state index is 10.3. The minimum Gasteiger partial charge on any atom is -0.433 e. The van der Waals surface area contributed by atoms with Crippen LogP contribution in [0, 0.1) is 12.0 Å². The molecule has 0 aliphatic rings. The zero-order valence-corrected chi connectivity index (χ0v) is 7.17. The number of carbonyl (C=O) groups excluding carboxylic acids is 1. The lowest BCUT2D eigenvalue weighted by molar-refractivity contribution is -0.127. The van der Waals surface area contributed by atoms with Gasteiger partial charge in [-0.1, -0.05) is 5.92 Å². The molecule has 0 aromatic rings. The number of aliphatic hydroxyl groups is 3. The molecule has 5 nitrogen and oxygen atoms in total. The van der Waals surface area contributed by atoms with Gasteiger partial charge in [0.25, 0.3) is 0 Å². The maximum Gasteiger partial charge on any atom is 0.194 e. The van der Waals surface area contributed by atoms with Crippen LogP contribution in [0.5, 0.6) is 0 Å². The summed E-state index contributed by atoms with van der Waals surface area (Å²) in [6.45, 7) is 0.852. The quantitative estimate of drug-likeness (QED) is 0.352. The van der Waals surface area contributed by atoms with E-state index in [0.29, 0.717) is 6.29 Å². The highest BCUT2D eigenvalue weighted by Crippen LogP contribution is 2.01. The highest BCUT2D eigenvalue weighted by molar-refractivity contribution is 5.57. The number of aldehydes is 1. The lowest BCUT2D eigenvalue weighted by Crippen LogP contribution is -2.41. The molecule has 0 saturated carbocycles. The van der Waals surface area contributed by atoms with Gasteiger partial charge in [0.05, 0.1) is 6.61 Å². The Morgan fingerprint density at radius 1 is 1.54 bits per heavy atom. The van der Waals surface area contributed by atoms with Crippen molar-refractivity contribution in [1.29, 1.82) is 0 Å². The zero-order chi connectivity index (χ0) is 10.3. The molecule has 0 unspecified atom stereocenters. The Kier molecular flexibility index (Phi) is 5.89. The second kappa shape index (κ2) is 6.43. The topological polar surface area (TPSA) is 87.0 Å². The van der Waals surface area contributed by atoms with E-state index in [1.54, 1.807) is 0 Å². The highest BCUT2D eigenvalue weighted by atomic mass is 16.5. The summed E-state index contributed by atoms with van der Waals surface area (Å²) in [4.78, 5) is 10.3. The molecule has 3 N–H and O–H groups in total. The molecule has 3 atom stereocenters. The molecular formula is C8H12O5. The summed E-state index contributed by atoms with van der Waals surface area (Å²) in [7, 11) is 0. The van der Waals surface area contributed by atoms with Crippen molar-refractivity contribution in [3.05, 3.63) is 0 Å². The van der Waals surface area contributed by atoms with E-state index >= 15 is 0 Å². The summed E-state index contributed by atoms with van der Waals surface area (Å²) in [5.74, 6) is 2.36. The third-order valence-electron chi connectivity index (χ3n) is 1.35. The molecule has 0 aliphatic heterocycles. The Morgan fingerprint density at radius 2 is 2.15 bits per heavy atom. The third-order valence-corrected chi connectivity index (χ3v) is 1.35. The van der Waals surface area contributed by atoms with Crippen molar-refractivity contribution < 1.29 is 24.9 Å². The summed E-state index contributed by atoms with van der Waals surface area (Å²) in [6, 6.07) is 0. The smallest absolute Gasteiger partial charge is 0.194 e. The first-order valence-corrected chi connectivity index (χ1v) is 3.67. The zero-order valence-electron chi connectivity index (χ0n) is 7.17. The first-order chi connectivity index (χ1) is 6.17. The van der Waals surface area contributed by atoms with Gasteiger partial charge in [0.15, 0.2) is 12.4 Å². The van der Waals surface area contributed by atoms with Crippen LogP contribution in [-0.4, -0.2) is 46.5 Å². The molecule has 0 rings (SSSR count). The molecule has 0 amide bonds. The van der Waals surface area contributed by atoms with Gasteiger partial charge in [0.1, 0.15) is 18.3 Å². The Bertz CT molecular complexity index is 204. The fourth-order valence-electron chi connectivity index (χ4n) is 0.632. The van der Waals surface area contributed by atoms with E-state index in [1.165, 1.54) is 6.92 Å². The molecule has 0 saturated heterocycles. The number of carbonyl (C=O) groups is 1. The summed E-state index contributed by atoms with van der Waals surface area (Å²) in [6.07, 6.45) is -1.68. The summed E-state index contributed by atoms with van der Waals surface area (Å²) in [5.41, 5.74) is 0. The fraction of sp³-hybridized carbons (Fsp3) is 0.625. The van der Waals surface area contributed by atoms with Gasteiger partial charge >= 0.3 is 0 Å². The van der Waals surface area contributed by atoms with Gasteiger partial charge in [-0.2, -0.15) is 0 Å². The van der Waals surface area contributed by atoms with Crippen molar-refractivity contribution in [2.45, 2.75) is 25.2 Å². The van der Waals surface area contributed by atoms with Gasteiger partial charge in [-0.15, -0.1) is 0 Å². The second-order valence-corrected chi connectivity index (χ2v) is 2.31. The van der Waals surface area contributed by atoms with Crippen molar-refractivity contribution >= 4 is 6.29 Å².